The van der Waals surface area contributed by atoms with Crippen molar-refractivity contribution in [2.45, 2.75) is 22.7 Å². The Bertz CT molecular complexity index is 723. The number of halogens is 3. The van der Waals surface area contributed by atoms with Crippen LogP contribution in [0.5, 0.6) is 0 Å². The summed E-state index contributed by atoms with van der Waals surface area (Å²) >= 11 is 0.518. The van der Waals surface area contributed by atoms with Crippen molar-refractivity contribution >= 4 is 28.4 Å². The Morgan fingerprint density at radius 2 is 2.11 bits per heavy atom. The Hall–Kier alpha value is -1.63. The third kappa shape index (κ3) is 1.98. The molecule has 3 nitrogen and oxygen atoms in total. The van der Waals surface area contributed by atoms with Crippen molar-refractivity contribution in [3.05, 3.63) is 34.2 Å². The van der Waals surface area contributed by atoms with Gasteiger partial charge in [-0.05, 0) is 30.2 Å². The van der Waals surface area contributed by atoms with Crippen LogP contribution >= 0.6 is 11.8 Å². The number of thioether (sulfide) groups is 1. The minimum Gasteiger partial charge on any atom is -0.422 e. The lowest BCUT2D eigenvalue weighted by molar-refractivity contribution is -0.127. The molecule has 100 valence electrons. The first-order valence-corrected chi connectivity index (χ1v) is 6.33. The zero-order chi connectivity index (χ0) is 13.8. The summed E-state index contributed by atoms with van der Waals surface area (Å²) in [5.41, 5.74) is 5.98. The minimum absolute atomic E-state index is 0.0421. The van der Waals surface area contributed by atoms with E-state index in [0.29, 0.717) is 28.4 Å². The van der Waals surface area contributed by atoms with Gasteiger partial charge < -0.3 is 10.2 Å². The van der Waals surface area contributed by atoms with Crippen LogP contribution in [0.2, 0.25) is 0 Å². The van der Waals surface area contributed by atoms with Crippen molar-refractivity contribution in [3.63, 3.8) is 0 Å². The molecule has 0 spiro atoms. The third-order valence-corrected chi connectivity index (χ3v) is 4.37. The lowest BCUT2D eigenvalue weighted by Gasteiger charge is -2.11. The monoisotopic (exact) mass is 287 g/mol. The van der Waals surface area contributed by atoms with E-state index in [4.69, 9.17) is 10.2 Å². The maximum Gasteiger partial charge on any atom is 0.401 e. The molecule has 2 aromatic rings. The van der Waals surface area contributed by atoms with Gasteiger partial charge in [-0.2, -0.15) is 13.2 Å². The number of hydrogen-bond donors (Lipinski definition) is 1. The summed E-state index contributed by atoms with van der Waals surface area (Å²) in [7, 11) is 0. The quantitative estimate of drug-likeness (QED) is 0.598. The SMILES string of the molecule is Nc1ccc2oc(=O)c3c(c2c1)C[C@H](C(F)(F)F)S3. The summed E-state index contributed by atoms with van der Waals surface area (Å²) in [5.74, 6) is 0. The fourth-order valence-corrected chi connectivity index (χ4v) is 3.28. The van der Waals surface area contributed by atoms with Crippen LogP contribution in [-0.4, -0.2) is 11.4 Å². The van der Waals surface area contributed by atoms with Crippen molar-refractivity contribution in [1.82, 2.24) is 0 Å². The zero-order valence-electron chi connectivity index (χ0n) is 9.45. The number of fused-ring (bicyclic) bond motifs is 3. The number of nitrogens with two attached hydrogens (primary N) is 1. The van der Waals surface area contributed by atoms with Crippen molar-refractivity contribution < 1.29 is 17.6 Å². The molecule has 0 saturated heterocycles. The summed E-state index contributed by atoms with van der Waals surface area (Å²) in [6.45, 7) is 0. The molecule has 1 aliphatic heterocycles. The highest BCUT2D eigenvalue weighted by Crippen LogP contribution is 2.45. The third-order valence-electron chi connectivity index (χ3n) is 3.01. The van der Waals surface area contributed by atoms with Crippen molar-refractivity contribution in [2.24, 2.45) is 0 Å². The van der Waals surface area contributed by atoms with E-state index in [1.165, 1.54) is 12.1 Å². The van der Waals surface area contributed by atoms with Crippen LogP contribution in [0, 0.1) is 0 Å². The lowest BCUT2D eigenvalue weighted by Crippen LogP contribution is -2.24. The zero-order valence-corrected chi connectivity index (χ0v) is 10.3. The van der Waals surface area contributed by atoms with E-state index in [1.54, 1.807) is 6.07 Å². The molecule has 1 aromatic heterocycles. The summed E-state index contributed by atoms with van der Waals surface area (Å²) in [5, 5.41) is -1.12. The van der Waals surface area contributed by atoms with Crippen LogP contribution in [0.1, 0.15) is 5.56 Å². The molecule has 0 bridgehead atoms. The standard InChI is InChI=1S/C12H8F3NO2S/c13-12(14,15)9-4-7-6-3-5(16)1-2-8(6)18-11(17)10(7)19-9/h1-3,9H,4,16H2/t9-/m1/s1. The van der Waals surface area contributed by atoms with E-state index in [0.717, 1.165) is 0 Å². The highest BCUT2D eigenvalue weighted by atomic mass is 32.2. The van der Waals surface area contributed by atoms with Crippen LogP contribution in [-0.2, 0) is 6.42 Å². The van der Waals surface area contributed by atoms with E-state index in [1.807, 2.05) is 0 Å². The van der Waals surface area contributed by atoms with Gasteiger partial charge in [0.15, 0.2) is 0 Å². The molecular formula is C12H8F3NO2S. The number of anilines is 1. The molecular weight excluding hydrogens is 279 g/mol. The number of nitrogen functional groups attached to an aromatic ring is 1. The maximum absolute atomic E-state index is 12.8. The maximum atomic E-state index is 12.8. The van der Waals surface area contributed by atoms with Gasteiger partial charge in [0, 0.05) is 11.1 Å². The number of benzene rings is 1. The molecule has 3 rings (SSSR count). The lowest BCUT2D eigenvalue weighted by atomic mass is 10.0. The molecule has 0 fully saturated rings. The highest BCUT2D eigenvalue weighted by molar-refractivity contribution is 8.00. The van der Waals surface area contributed by atoms with E-state index < -0.39 is 17.1 Å². The summed E-state index contributed by atoms with van der Waals surface area (Å²) in [6, 6.07) is 4.58. The molecule has 0 saturated carbocycles. The molecule has 0 aliphatic carbocycles. The van der Waals surface area contributed by atoms with Crippen molar-refractivity contribution in [2.75, 3.05) is 5.73 Å². The Morgan fingerprint density at radius 3 is 2.79 bits per heavy atom. The predicted molar refractivity (Wildman–Crippen MR) is 66.3 cm³/mol. The first-order chi connectivity index (χ1) is 8.86. The Morgan fingerprint density at radius 1 is 1.37 bits per heavy atom. The molecule has 0 amide bonds. The molecule has 0 unspecified atom stereocenters. The fourth-order valence-electron chi connectivity index (χ4n) is 2.14. The van der Waals surface area contributed by atoms with Crippen molar-refractivity contribution in [1.29, 1.82) is 0 Å². The van der Waals surface area contributed by atoms with Crippen LogP contribution < -0.4 is 11.4 Å². The van der Waals surface area contributed by atoms with Crippen LogP contribution in [0.3, 0.4) is 0 Å². The molecule has 19 heavy (non-hydrogen) atoms. The van der Waals surface area contributed by atoms with Gasteiger partial charge in [0.25, 0.3) is 0 Å². The molecule has 1 aliphatic rings. The van der Waals surface area contributed by atoms with Gasteiger partial charge >= 0.3 is 11.8 Å². The molecule has 2 N–H and O–H groups in total. The minimum atomic E-state index is -4.34. The molecule has 1 atom stereocenters. The van der Waals surface area contributed by atoms with Gasteiger partial charge in [-0.25, -0.2) is 4.79 Å². The predicted octanol–water partition coefficient (Wildman–Crippen LogP) is 2.95. The van der Waals surface area contributed by atoms with E-state index in [2.05, 4.69) is 0 Å². The summed E-state index contributed by atoms with van der Waals surface area (Å²) in [4.78, 5) is 11.7. The van der Waals surface area contributed by atoms with E-state index >= 15 is 0 Å². The highest BCUT2D eigenvalue weighted by Gasteiger charge is 2.45. The van der Waals surface area contributed by atoms with Gasteiger partial charge in [0.2, 0.25) is 0 Å². The second kappa shape index (κ2) is 3.93. The fraction of sp³-hybridized carbons (Fsp3) is 0.250. The van der Waals surface area contributed by atoms with Crippen LogP contribution in [0.4, 0.5) is 18.9 Å². The smallest absolute Gasteiger partial charge is 0.401 e. The topological polar surface area (TPSA) is 56.2 Å². The van der Waals surface area contributed by atoms with Gasteiger partial charge in [0.05, 0.1) is 4.90 Å². The largest absolute Gasteiger partial charge is 0.422 e. The molecule has 1 aromatic carbocycles. The number of alkyl halides is 3. The van der Waals surface area contributed by atoms with Gasteiger partial charge in [-0.3, -0.25) is 0 Å². The normalized spacial score (nSPS) is 18.8. The molecule has 7 heteroatoms. The van der Waals surface area contributed by atoms with Crippen LogP contribution in [0.25, 0.3) is 11.0 Å². The summed E-state index contributed by atoms with van der Waals surface area (Å²) < 4.78 is 43.3. The van der Waals surface area contributed by atoms with Gasteiger partial charge in [-0.1, -0.05) is 0 Å². The average molecular weight is 287 g/mol. The average Bonchev–Trinajstić information content (AvgIpc) is 2.76. The molecule has 2 heterocycles. The van der Waals surface area contributed by atoms with Gasteiger partial charge in [0.1, 0.15) is 10.8 Å². The van der Waals surface area contributed by atoms with E-state index in [-0.39, 0.29) is 16.9 Å². The second-order valence-corrected chi connectivity index (χ2v) is 5.52. The number of rotatable bonds is 0. The first-order valence-electron chi connectivity index (χ1n) is 5.45. The Labute approximate surface area is 109 Å². The van der Waals surface area contributed by atoms with Crippen molar-refractivity contribution in [3.8, 4) is 0 Å². The van der Waals surface area contributed by atoms with Gasteiger partial charge in [-0.15, -0.1) is 11.8 Å². The second-order valence-electron chi connectivity index (χ2n) is 4.31. The summed E-state index contributed by atoms with van der Waals surface area (Å²) in [6.07, 6.45) is -4.57. The van der Waals surface area contributed by atoms with Crippen LogP contribution in [0.15, 0.2) is 32.3 Å². The van der Waals surface area contributed by atoms with E-state index in [9.17, 15) is 18.0 Å². The Kier molecular flexibility index (Phi) is 2.57. The Balaban J connectivity index is 2.23. The first kappa shape index (κ1) is 12.4. The molecule has 0 radical (unpaired) electrons. The number of hydrogen-bond acceptors (Lipinski definition) is 4.